The van der Waals surface area contributed by atoms with Gasteiger partial charge in [-0.25, -0.2) is 4.68 Å². The van der Waals surface area contributed by atoms with Crippen LogP contribution >= 0.6 is 22.6 Å². The molecule has 1 aliphatic rings. The third kappa shape index (κ3) is 2.69. The zero-order valence-electron chi connectivity index (χ0n) is 9.04. The Kier molecular flexibility index (Phi) is 3.55. The zero-order chi connectivity index (χ0) is 12.6. The Balaban J connectivity index is 2.02. The van der Waals surface area contributed by atoms with Crippen molar-refractivity contribution >= 4 is 28.4 Å². The molecule has 2 N–H and O–H groups in total. The summed E-state index contributed by atoms with van der Waals surface area (Å²) in [6.45, 7) is 0. The number of rotatable bonds is 1. The fourth-order valence-corrected chi connectivity index (χ4v) is 2.66. The van der Waals surface area contributed by atoms with E-state index in [0.717, 1.165) is 3.57 Å². The van der Waals surface area contributed by atoms with Gasteiger partial charge in [-0.3, -0.25) is 0 Å². The first kappa shape index (κ1) is 13.0. The highest BCUT2D eigenvalue weighted by molar-refractivity contribution is 14.1. The van der Waals surface area contributed by atoms with Crippen molar-refractivity contribution in [1.82, 2.24) is 9.78 Å². The highest BCUT2D eigenvalue weighted by Gasteiger charge is 2.41. The summed E-state index contributed by atoms with van der Waals surface area (Å²) < 4.78 is 40.0. The molecule has 0 atom stereocenters. The normalized spacial score (nSPS) is 26.1. The van der Waals surface area contributed by atoms with Crippen molar-refractivity contribution in [3.05, 3.63) is 9.77 Å². The molecule has 1 aromatic rings. The van der Waals surface area contributed by atoms with Gasteiger partial charge in [-0.05, 0) is 48.3 Å². The summed E-state index contributed by atoms with van der Waals surface area (Å²) in [7, 11) is 0. The number of alkyl halides is 3. The van der Waals surface area contributed by atoms with Gasteiger partial charge in [-0.1, -0.05) is 0 Å². The van der Waals surface area contributed by atoms with E-state index in [1.165, 1.54) is 0 Å². The SMILES string of the molecule is Nc1c(I)cnn1C1CCC(C(F)(F)F)CC1. The van der Waals surface area contributed by atoms with Crippen LogP contribution in [0.15, 0.2) is 6.20 Å². The van der Waals surface area contributed by atoms with Gasteiger partial charge < -0.3 is 5.73 Å². The molecule has 0 aliphatic heterocycles. The van der Waals surface area contributed by atoms with Gasteiger partial charge in [0.2, 0.25) is 0 Å². The van der Waals surface area contributed by atoms with E-state index in [0.29, 0.717) is 18.7 Å². The fraction of sp³-hybridized carbons (Fsp3) is 0.700. The Morgan fingerprint density at radius 3 is 2.29 bits per heavy atom. The molecule has 1 aliphatic carbocycles. The molecular formula is C10H13F3IN3. The summed E-state index contributed by atoms with van der Waals surface area (Å²) in [4.78, 5) is 0. The van der Waals surface area contributed by atoms with Gasteiger partial charge >= 0.3 is 6.18 Å². The minimum absolute atomic E-state index is 0.0112. The molecule has 0 saturated heterocycles. The Morgan fingerprint density at radius 1 is 1.29 bits per heavy atom. The quantitative estimate of drug-likeness (QED) is 0.782. The Labute approximate surface area is 111 Å². The molecule has 0 unspecified atom stereocenters. The zero-order valence-corrected chi connectivity index (χ0v) is 11.2. The smallest absolute Gasteiger partial charge is 0.383 e. The molecule has 0 radical (unpaired) electrons. The molecule has 3 nitrogen and oxygen atoms in total. The summed E-state index contributed by atoms with van der Waals surface area (Å²) >= 11 is 2.07. The summed E-state index contributed by atoms with van der Waals surface area (Å²) in [6, 6.07) is 0.0112. The number of hydrogen-bond acceptors (Lipinski definition) is 2. The minimum atomic E-state index is -4.06. The Hall–Kier alpha value is -0.470. The van der Waals surface area contributed by atoms with E-state index in [9.17, 15) is 13.2 Å². The maximum atomic E-state index is 12.5. The summed E-state index contributed by atoms with van der Waals surface area (Å²) in [5.41, 5.74) is 5.82. The van der Waals surface area contributed by atoms with E-state index in [1.54, 1.807) is 10.9 Å². The van der Waals surface area contributed by atoms with Gasteiger partial charge in [-0.15, -0.1) is 0 Å². The van der Waals surface area contributed by atoms with Crippen LogP contribution in [0, 0.1) is 9.49 Å². The molecule has 17 heavy (non-hydrogen) atoms. The number of nitrogen functional groups attached to an aromatic ring is 1. The van der Waals surface area contributed by atoms with Crippen molar-refractivity contribution < 1.29 is 13.2 Å². The van der Waals surface area contributed by atoms with Crippen LogP contribution in [-0.4, -0.2) is 16.0 Å². The molecule has 2 rings (SSSR count). The average molecular weight is 359 g/mol. The van der Waals surface area contributed by atoms with Crippen LogP contribution < -0.4 is 5.73 Å². The number of halogens is 4. The molecule has 0 amide bonds. The van der Waals surface area contributed by atoms with Crippen LogP contribution in [0.1, 0.15) is 31.7 Å². The maximum absolute atomic E-state index is 12.5. The second kappa shape index (κ2) is 4.66. The Bertz CT molecular complexity index is 394. The number of anilines is 1. The second-order valence-electron chi connectivity index (χ2n) is 4.37. The standard InChI is InChI=1S/C10H13F3IN3/c11-10(12,13)6-1-3-7(4-2-6)17-9(15)8(14)5-16-17/h5-7H,1-4,15H2. The van der Waals surface area contributed by atoms with E-state index in [-0.39, 0.29) is 18.9 Å². The molecular weight excluding hydrogens is 346 g/mol. The molecule has 1 fully saturated rings. The minimum Gasteiger partial charge on any atom is -0.383 e. The first-order valence-corrected chi connectivity index (χ1v) is 6.52. The molecule has 96 valence electrons. The topological polar surface area (TPSA) is 43.8 Å². The lowest BCUT2D eigenvalue weighted by atomic mass is 9.85. The van der Waals surface area contributed by atoms with Gasteiger partial charge in [0.15, 0.2) is 0 Å². The number of nitrogens with zero attached hydrogens (tertiary/aromatic N) is 2. The molecule has 0 spiro atoms. The number of nitrogens with two attached hydrogens (primary N) is 1. The molecule has 7 heteroatoms. The highest BCUT2D eigenvalue weighted by atomic mass is 127. The van der Waals surface area contributed by atoms with Crippen LogP contribution in [0.5, 0.6) is 0 Å². The predicted octanol–water partition coefficient (Wildman–Crippen LogP) is 3.36. The number of hydrogen-bond donors (Lipinski definition) is 1. The van der Waals surface area contributed by atoms with E-state index in [4.69, 9.17) is 5.73 Å². The van der Waals surface area contributed by atoms with Crippen molar-refractivity contribution in [2.75, 3.05) is 5.73 Å². The lowest BCUT2D eigenvalue weighted by Crippen LogP contribution is -2.29. The van der Waals surface area contributed by atoms with Crippen LogP contribution in [-0.2, 0) is 0 Å². The summed E-state index contributed by atoms with van der Waals surface area (Å²) in [6.07, 6.45) is -1.09. The third-order valence-electron chi connectivity index (χ3n) is 3.29. The summed E-state index contributed by atoms with van der Waals surface area (Å²) in [5.74, 6) is -0.601. The van der Waals surface area contributed by atoms with Crippen LogP contribution in [0.25, 0.3) is 0 Å². The van der Waals surface area contributed by atoms with Gasteiger partial charge in [0.25, 0.3) is 0 Å². The molecule has 0 aromatic carbocycles. The van der Waals surface area contributed by atoms with Crippen molar-refractivity contribution in [2.45, 2.75) is 37.9 Å². The number of aromatic nitrogens is 2. The lowest BCUT2D eigenvalue weighted by Gasteiger charge is -2.30. The second-order valence-corrected chi connectivity index (χ2v) is 5.53. The first-order chi connectivity index (χ1) is 7.89. The van der Waals surface area contributed by atoms with E-state index in [1.807, 2.05) is 0 Å². The Morgan fingerprint density at radius 2 is 1.88 bits per heavy atom. The van der Waals surface area contributed by atoms with Crippen molar-refractivity contribution in [1.29, 1.82) is 0 Å². The monoisotopic (exact) mass is 359 g/mol. The van der Waals surface area contributed by atoms with Crippen LogP contribution in [0.4, 0.5) is 19.0 Å². The molecule has 1 saturated carbocycles. The van der Waals surface area contributed by atoms with Gasteiger partial charge in [0, 0.05) is 0 Å². The van der Waals surface area contributed by atoms with Gasteiger partial charge in [-0.2, -0.15) is 18.3 Å². The largest absolute Gasteiger partial charge is 0.391 e. The maximum Gasteiger partial charge on any atom is 0.391 e. The fourth-order valence-electron chi connectivity index (χ4n) is 2.29. The van der Waals surface area contributed by atoms with Crippen LogP contribution in [0.3, 0.4) is 0 Å². The van der Waals surface area contributed by atoms with E-state index < -0.39 is 12.1 Å². The average Bonchev–Trinajstić information content (AvgIpc) is 2.59. The van der Waals surface area contributed by atoms with Crippen LogP contribution in [0.2, 0.25) is 0 Å². The van der Waals surface area contributed by atoms with Gasteiger partial charge in [0.05, 0.1) is 21.7 Å². The molecule has 1 aromatic heterocycles. The summed E-state index contributed by atoms with van der Waals surface area (Å²) in [5, 5.41) is 4.13. The van der Waals surface area contributed by atoms with Gasteiger partial charge in [0.1, 0.15) is 5.82 Å². The van der Waals surface area contributed by atoms with E-state index >= 15 is 0 Å². The first-order valence-electron chi connectivity index (χ1n) is 5.44. The molecule has 0 bridgehead atoms. The third-order valence-corrected chi connectivity index (χ3v) is 4.12. The van der Waals surface area contributed by atoms with Crippen molar-refractivity contribution in [2.24, 2.45) is 5.92 Å². The van der Waals surface area contributed by atoms with Crippen molar-refractivity contribution in [3.8, 4) is 0 Å². The van der Waals surface area contributed by atoms with Crippen molar-refractivity contribution in [3.63, 3.8) is 0 Å². The highest BCUT2D eigenvalue weighted by Crippen LogP contribution is 2.41. The lowest BCUT2D eigenvalue weighted by molar-refractivity contribution is -0.183. The van der Waals surface area contributed by atoms with E-state index in [2.05, 4.69) is 27.7 Å². The predicted molar refractivity (Wildman–Crippen MR) is 66.4 cm³/mol. The molecule has 1 heterocycles.